The maximum absolute atomic E-state index is 12.8. The fourth-order valence-corrected chi connectivity index (χ4v) is 5.09. The van der Waals surface area contributed by atoms with Crippen LogP contribution in [0.3, 0.4) is 0 Å². The van der Waals surface area contributed by atoms with Gasteiger partial charge in [-0.1, -0.05) is 6.07 Å². The van der Waals surface area contributed by atoms with Gasteiger partial charge in [-0.15, -0.1) is 0 Å². The van der Waals surface area contributed by atoms with E-state index in [4.69, 9.17) is 9.72 Å². The number of carbonyl (C=O) groups excluding carboxylic acids is 1. The van der Waals surface area contributed by atoms with E-state index < -0.39 is 0 Å². The van der Waals surface area contributed by atoms with Gasteiger partial charge in [-0.25, -0.2) is 4.98 Å². The van der Waals surface area contributed by atoms with Crippen LogP contribution in [-0.4, -0.2) is 63.0 Å². The first-order chi connectivity index (χ1) is 15.7. The molecule has 0 spiro atoms. The molecular formula is C24H31N5O3. The van der Waals surface area contributed by atoms with E-state index in [1.54, 1.807) is 6.20 Å². The number of nitrogens with zero attached hydrogens (tertiary/aromatic N) is 4. The number of ether oxygens (including phenoxy) is 1. The van der Waals surface area contributed by atoms with Crippen molar-refractivity contribution in [1.82, 2.24) is 24.8 Å². The predicted molar refractivity (Wildman–Crippen MR) is 119 cm³/mol. The van der Waals surface area contributed by atoms with Gasteiger partial charge >= 0.3 is 0 Å². The first-order valence-corrected chi connectivity index (χ1v) is 11.8. The number of carbonyl (C=O) groups is 1. The molecule has 3 aliphatic rings. The molecule has 170 valence electrons. The van der Waals surface area contributed by atoms with Crippen molar-refractivity contribution < 1.29 is 9.53 Å². The Morgan fingerprint density at radius 1 is 1.25 bits per heavy atom. The van der Waals surface area contributed by atoms with Crippen LogP contribution < -0.4 is 5.56 Å². The fourth-order valence-electron chi connectivity index (χ4n) is 5.09. The summed E-state index contributed by atoms with van der Waals surface area (Å²) in [6.07, 6.45) is 8.92. The summed E-state index contributed by atoms with van der Waals surface area (Å²) in [5.74, 6) is 0.960. The molecule has 2 aromatic heterocycles. The zero-order valence-corrected chi connectivity index (χ0v) is 18.5. The third-order valence-electron chi connectivity index (χ3n) is 6.90. The second kappa shape index (κ2) is 9.50. The maximum Gasteiger partial charge on any atom is 0.254 e. The van der Waals surface area contributed by atoms with Gasteiger partial charge in [0.1, 0.15) is 5.82 Å². The molecule has 0 bridgehead atoms. The van der Waals surface area contributed by atoms with Crippen LogP contribution in [0.25, 0.3) is 0 Å². The molecule has 0 aliphatic carbocycles. The monoisotopic (exact) mass is 437 g/mol. The second-order valence-electron chi connectivity index (χ2n) is 9.22. The van der Waals surface area contributed by atoms with E-state index in [1.807, 2.05) is 17.2 Å². The molecule has 3 aliphatic heterocycles. The highest BCUT2D eigenvalue weighted by atomic mass is 16.5. The molecular weight excluding hydrogens is 406 g/mol. The summed E-state index contributed by atoms with van der Waals surface area (Å²) >= 11 is 0. The zero-order chi connectivity index (χ0) is 21.9. The van der Waals surface area contributed by atoms with Crippen molar-refractivity contribution >= 4 is 5.91 Å². The number of likely N-dealkylation sites (tertiary alicyclic amines) is 1. The number of aromatic nitrogens is 3. The number of H-pyrrole nitrogens is 1. The Bertz CT molecular complexity index is 1000. The van der Waals surface area contributed by atoms with Crippen LogP contribution in [0.1, 0.15) is 60.7 Å². The average molecular weight is 438 g/mol. The molecule has 1 N–H and O–H groups in total. The van der Waals surface area contributed by atoms with Gasteiger partial charge in [0.15, 0.2) is 0 Å². The van der Waals surface area contributed by atoms with E-state index in [-0.39, 0.29) is 23.5 Å². The summed E-state index contributed by atoms with van der Waals surface area (Å²) in [5.41, 5.74) is 2.81. The Balaban J connectivity index is 1.24. The molecule has 2 saturated heterocycles. The minimum atomic E-state index is -0.0218. The standard InChI is InChI=1S/C24H31N5O3/c30-22(12-19-5-1-2-11-32-19)29-10-6-18(15-29)23-26-21-16-28(9-7-20(21)24(31)27-23)14-17-4-3-8-25-13-17/h3-4,8,13,18-19H,1-2,5-7,9-12,14-16H2,(H,26,27,31)/t18-,19+/m1/s1. The number of rotatable bonds is 5. The van der Waals surface area contributed by atoms with Crippen molar-refractivity contribution in [3.8, 4) is 0 Å². The molecule has 5 heterocycles. The smallest absolute Gasteiger partial charge is 0.254 e. The molecule has 2 atom stereocenters. The van der Waals surface area contributed by atoms with E-state index in [9.17, 15) is 9.59 Å². The van der Waals surface area contributed by atoms with E-state index >= 15 is 0 Å². The van der Waals surface area contributed by atoms with Crippen molar-refractivity contribution in [3.63, 3.8) is 0 Å². The number of nitrogens with one attached hydrogen (secondary N) is 1. The molecule has 2 aromatic rings. The Hall–Kier alpha value is -2.58. The van der Waals surface area contributed by atoms with Gasteiger partial charge in [-0.2, -0.15) is 0 Å². The van der Waals surface area contributed by atoms with Crippen LogP contribution in [0.5, 0.6) is 0 Å². The lowest BCUT2D eigenvalue weighted by molar-refractivity contribution is -0.134. The van der Waals surface area contributed by atoms with Crippen LogP contribution >= 0.6 is 0 Å². The van der Waals surface area contributed by atoms with Crippen LogP contribution in [0.2, 0.25) is 0 Å². The molecule has 2 fully saturated rings. The van der Waals surface area contributed by atoms with Crippen molar-refractivity contribution in [3.05, 3.63) is 57.5 Å². The lowest BCUT2D eigenvalue weighted by Gasteiger charge is -2.28. The van der Waals surface area contributed by atoms with E-state index in [0.717, 1.165) is 68.0 Å². The normalized spacial score (nSPS) is 23.8. The highest BCUT2D eigenvalue weighted by Crippen LogP contribution is 2.27. The quantitative estimate of drug-likeness (QED) is 0.769. The first kappa shape index (κ1) is 21.3. The van der Waals surface area contributed by atoms with Crippen LogP contribution in [0.15, 0.2) is 29.3 Å². The van der Waals surface area contributed by atoms with Gasteiger partial charge in [-0.3, -0.25) is 19.5 Å². The summed E-state index contributed by atoms with van der Waals surface area (Å²) in [6, 6.07) is 4.02. The number of hydrogen-bond acceptors (Lipinski definition) is 6. The van der Waals surface area contributed by atoms with Gasteiger partial charge in [0.25, 0.3) is 5.56 Å². The first-order valence-electron chi connectivity index (χ1n) is 11.8. The number of fused-ring (bicyclic) bond motifs is 1. The molecule has 0 unspecified atom stereocenters. The average Bonchev–Trinajstić information content (AvgIpc) is 3.31. The Labute approximate surface area is 188 Å². The van der Waals surface area contributed by atoms with Crippen molar-refractivity contribution in [2.24, 2.45) is 0 Å². The lowest BCUT2D eigenvalue weighted by Crippen LogP contribution is -2.36. The summed E-state index contributed by atoms with van der Waals surface area (Å²) in [7, 11) is 0. The largest absolute Gasteiger partial charge is 0.378 e. The van der Waals surface area contributed by atoms with Crippen LogP contribution in [0.4, 0.5) is 0 Å². The summed E-state index contributed by atoms with van der Waals surface area (Å²) in [4.78, 5) is 41.8. The molecule has 5 rings (SSSR count). The molecule has 1 amide bonds. The highest BCUT2D eigenvalue weighted by molar-refractivity contribution is 5.77. The summed E-state index contributed by atoms with van der Waals surface area (Å²) < 4.78 is 5.73. The maximum atomic E-state index is 12.8. The second-order valence-corrected chi connectivity index (χ2v) is 9.22. The topological polar surface area (TPSA) is 91.4 Å². The predicted octanol–water partition coefficient (Wildman–Crippen LogP) is 2.00. The van der Waals surface area contributed by atoms with Gasteiger partial charge in [0.05, 0.1) is 18.2 Å². The summed E-state index contributed by atoms with van der Waals surface area (Å²) in [5, 5.41) is 0. The number of pyridine rings is 1. The number of aromatic amines is 1. The van der Waals surface area contributed by atoms with Crippen LogP contribution in [-0.2, 0) is 29.0 Å². The molecule has 0 saturated carbocycles. The summed E-state index contributed by atoms with van der Waals surface area (Å²) in [6.45, 7) is 4.39. The van der Waals surface area contributed by atoms with Crippen molar-refractivity contribution in [2.45, 2.75) is 63.6 Å². The highest BCUT2D eigenvalue weighted by Gasteiger charge is 2.32. The van der Waals surface area contributed by atoms with E-state index in [0.29, 0.717) is 32.5 Å². The van der Waals surface area contributed by atoms with Crippen LogP contribution in [0, 0.1) is 0 Å². The minimum absolute atomic E-state index is 0.0218. The number of amides is 1. The minimum Gasteiger partial charge on any atom is -0.378 e. The number of hydrogen-bond donors (Lipinski definition) is 1. The Morgan fingerprint density at radius 2 is 2.19 bits per heavy atom. The third-order valence-corrected chi connectivity index (χ3v) is 6.90. The van der Waals surface area contributed by atoms with Crippen molar-refractivity contribution in [1.29, 1.82) is 0 Å². The van der Waals surface area contributed by atoms with Crippen molar-refractivity contribution in [2.75, 3.05) is 26.2 Å². The Morgan fingerprint density at radius 3 is 3.00 bits per heavy atom. The lowest BCUT2D eigenvalue weighted by atomic mass is 10.0. The third kappa shape index (κ3) is 4.76. The van der Waals surface area contributed by atoms with Gasteiger partial charge in [0, 0.05) is 63.2 Å². The molecule has 8 heteroatoms. The molecule has 0 radical (unpaired) electrons. The Kier molecular flexibility index (Phi) is 6.32. The van der Waals surface area contributed by atoms with E-state index in [1.165, 1.54) is 0 Å². The molecule has 32 heavy (non-hydrogen) atoms. The van der Waals surface area contributed by atoms with E-state index in [2.05, 4.69) is 20.9 Å². The van der Waals surface area contributed by atoms with Gasteiger partial charge < -0.3 is 14.6 Å². The zero-order valence-electron chi connectivity index (χ0n) is 18.5. The molecule has 0 aromatic carbocycles. The SMILES string of the molecule is O=C(C[C@@H]1CCCCO1)N1CC[C@@H](c2nc3c(c(=O)[nH]2)CCN(Cc2cccnc2)C3)C1. The van der Waals surface area contributed by atoms with Gasteiger partial charge in [0.2, 0.25) is 5.91 Å². The molecule has 8 nitrogen and oxygen atoms in total. The van der Waals surface area contributed by atoms with Gasteiger partial charge in [-0.05, 0) is 43.7 Å². The fraction of sp³-hybridized carbons (Fsp3) is 0.583.